The van der Waals surface area contributed by atoms with Crippen molar-refractivity contribution in [1.82, 2.24) is 9.21 Å². The minimum Gasteiger partial charge on any atom is -0.485 e. The largest absolute Gasteiger partial charge is 0.485 e. The Bertz CT molecular complexity index is 1060. The smallest absolute Gasteiger partial charge is 0.267 e. The molecule has 2 heterocycles. The lowest BCUT2D eigenvalue weighted by molar-refractivity contribution is -0.142. The van der Waals surface area contributed by atoms with E-state index in [1.165, 1.54) is 35.5 Å². The molecule has 1 fully saturated rings. The second kappa shape index (κ2) is 8.08. The number of ketones is 1. The highest BCUT2D eigenvalue weighted by Gasteiger charge is 2.35. The maximum Gasteiger partial charge on any atom is 0.267 e. The number of Topliss-reactive ketones (excluding diaryl/α,β-unsaturated/α-hetero) is 1. The topological polar surface area (TPSA) is 93.2 Å². The van der Waals surface area contributed by atoms with Gasteiger partial charge in [0.15, 0.2) is 17.3 Å². The normalized spacial score (nSPS) is 19.4. The number of sulfonamides is 1. The van der Waals surface area contributed by atoms with Crippen LogP contribution in [-0.4, -0.2) is 68.2 Å². The average molecular weight is 430 g/mol. The van der Waals surface area contributed by atoms with E-state index in [4.69, 9.17) is 9.47 Å². The van der Waals surface area contributed by atoms with Crippen LogP contribution in [0.1, 0.15) is 17.3 Å². The molecule has 0 saturated carbocycles. The molecule has 2 aliphatic heterocycles. The highest BCUT2D eigenvalue weighted by Crippen LogP contribution is 2.31. The quantitative estimate of drug-likeness (QED) is 0.684. The summed E-state index contributed by atoms with van der Waals surface area (Å²) in [6.45, 7) is 2.46. The van der Waals surface area contributed by atoms with Crippen LogP contribution in [0.3, 0.4) is 0 Å². The van der Waals surface area contributed by atoms with Gasteiger partial charge in [-0.15, -0.1) is 0 Å². The summed E-state index contributed by atoms with van der Waals surface area (Å²) in [5, 5.41) is 0. The number of fused-ring (bicyclic) bond motifs is 1. The molecule has 2 aromatic carbocycles. The van der Waals surface area contributed by atoms with Gasteiger partial charge in [-0.1, -0.05) is 24.3 Å². The first-order chi connectivity index (χ1) is 14.4. The third kappa shape index (κ3) is 3.90. The van der Waals surface area contributed by atoms with Gasteiger partial charge < -0.3 is 14.4 Å². The minimum absolute atomic E-state index is 0.122. The first kappa shape index (κ1) is 20.4. The van der Waals surface area contributed by atoms with Gasteiger partial charge in [0.05, 0.1) is 4.90 Å². The van der Waals surface area contributed by atoms with Gasteiger partial charge >= 0.3 is 0 Å². The van der Waals surface area contributed by atoms with Crippen molar-refractivity contribution in [1.29, 1.82) is 0 Å². The number of hydrogen-bond acceptors (Lipinski definition) is 6. The van der Waals surface area contributed by atoms with E-state index in [1.54, 1.807) is 17.0 Å². The first-order valence-electron chi connectivity index (χ1n) is 9.65. The molecule has 1 atom stereocenters. The Hall–Kier alpha value is -2.91. The Morgan fingerprint density at radius 1 is 0.933 bits per heavy atom. The predicted molar refractivity (Wildman–Crippen MR) is 108 cm³/mol. The van der Waals surface area contributed by atoms with E-state index >= 15 is 0 Å². The van der Waals surface area contributed by atoms with Crippen molar-refractivity contribution in [3.8, 4) is 11.5 Å². The van der Waals surface area contributed by atoms with E-state index in [1.807, 2.05) is 12.1 Å². The minimum atomic E-state index is -3.69. The molecular weight excluding hydrogens is 408 g/mol. The lowest BCUT2D eigenvalue weighted by atomic mass is 10.2. The fourth-order valence-electron chi connectivity index (χ4n) is 3.50. The number of carbonyl (C=O) groups excluding carboxylic acids is 2. The van der Waals surface area contributed by atoms with Crippen molar-refractivity contribution in [3.05, 3.63) is 54.1 Å². The van der Waals surface area contributed by atoms with E-state index in [9.17, 15) is 18.0 Å². The van der Waals surface area contributed by atoms with Crippen molar-refractivity contribution in [2.75, 3.05) is 32.8 Å². The molecule has 1 amide bonds. The van der Waals surface area contributed by atoms with E-state index < -0.39 is 16.1 Å². The SMILES string of the molecule is CC(=O)c1ccc(S(=O)(=O)N2CCN(C(=O)C3COc4ccccc4O3)CC2)cc1. The standard InChI is InChI=1S/C21H22N2O6S/c1-15(24)16-6-8-17(9-7-16)30(26,27)23-12-10-22(11-13-23)21(25)20-14-28-18-4-2-3-5-19(18)29-20/h2-9,20H,10-14H2,1H3. The number of piperazine rings is 1. The van der Waals surface area contributed by atoms with Gasteiger partial charge in [-0.3, -0.25) is 9.59 Å². The Labute approximate surface area is 175 Å². The van der Waals surface area contributed by atoms with Crippen LogP contribution in [-0.2, 0) is 14.8 Å². The molecule has 8 nitrogen and oxygen atoms in total. The zero-order chi connectivity index (χ0) is 21.3. The Kier molecular flexibility index (Phi) is 5.48. The average Bonchev–Trinajstić information content (AvgIpc) is 2.78. The van der Waals surface area contributed by atoms with Crippen LogP contribution >= 0.6 is 0 Å². The third-order valence-corrected chi connectivity index (χ3v) is 7.15. The zero-order valence-electron chi connectivity index (χ0n) is 16.5. The number of para-hydroxylation sites is 2. The van der Waals surface area contributed by atoms with Crippen LogP contribution < -0.4 is 9.47 Å². The number of nitrogens with zero attached hydrogens (tertiary/aromatic N) is 2. The van der Waals surface area contributed by atoms with Gasteiger partial charge in [0, 0.05) is 31.7 Å². The second-order valence-electron chi connectivity index (χ2n) is 7.17. The van der Waals surface area contributed by atoms with Crippen LogP contribution in [0.4, 0.5) is 0 Å². The summed E-state index contributed by atoms with van der Waals surface area (Å²) in [6, 6.07) is 13.1. The van der Waals surface area contributed by atoms with Gasteiger partial charge in [-0.25, -0.2) is 8.42 Å². The van der Waals surface area contributed by atoms with Crippen LogP contribution in [0, 0.1) is 0 Å². The number of amides is 1. The number of rotatable bonds is 4. The summed E-state index contributed by atoms with van der Waals surface area (Å²) in [6.07, 6.45) is -0.748. The number of carbonyl (C=O) groups is 2. The molecule has 1 saturated heterocycles. The maximum absolute atomic E-state index is 12.9. The molecule has 0 radical (unpaired) electrons. The van der Waals surface area contributed by atoms with Crippen molar-refractivity contribution >= 4 is 21.7 Å². The lowest BCUT2D eigenvalue weighted by Gasteiger charge is -2.36. The molecule has 1 unspecified atom stereocenters. The van der Waals surface area contributed by atoms with Crippen molar-refractivity contribution < 1.29 is 27.5 Å². The molecule has 0 bridgehead atoms. The zero-order valence-corrected chi connectivity index (χ0v) is 17.3. The van der Waals surface area contributed by atoms with Crippen LogP contribution in [0.2, 0.25) is 0 Å². The molecular formula is C21H22N2O6S. The molecule has 30 heavy (non-hydrogen) atoms. The van der Waals surface area contributed by atoms with Gasteiger partial charge in [0.25, 0.3) is 5.91 Å². The highest BCUT2D eigenvalue weighted by molar-refractivity contribution is 7.89. The summed E-state index contributed by atoms with van der Waals surface area (Å²) in [4.78, 5) is 25.9. The summed E-state index contributed by atoms with van der Waals surface area (Å²) < 4.78 is 38.5. The van der Waals surface area contributed by atoms with Crippen molar-refractivity contribution in [2.24, 2.45) is 0 Å². The van der Waals surface area contributed by atoms with E-state index in [2.05, 4.69) is 0 Å². The lowest BCUT2D eigenvalue weighted by Crippen LogP contribution is -2.55. The molecule has 2 aromatic rings. The molecule has 158 valence electrons. The van der Waals surface area contributed by atoms with Crippen LogP contribution in [0.5, 0.6) is 11.5 Å². The van der Waals surface area contributed by atoms with Gasteiger partial charge in [0.1, 0.15) is 6.61 Å². The Balaban J connectivity index is 1.38. The fourth-order valence-corrected chi connectivity index (χ4v) is 4.93. The molecule has 0 spiro atoms. The summed E-state index contributed by atoms with van der Waals surface area (Å²) in [5.41, 5.74) is 0.459. The van der Waals surface area contributed by atoms with Crippen LogP contribution in [0.15, 0.2) is 53.4 Å². The number of hydrogen-bond donors (Lipinski definition) is 0. The second-order valence-corrected chi connectivity index (χ2v) is 9.11. The van der Waals surface area contributed by atoms with Crippen molar-refractivity contribution in [2.45, 2.75) is 17.9 Å². The van der Waals surface area contributed by atoms with Crippen LogP contribution in [0.25, 0.3) is 0 Å². The summed E-state index contributed by atoms with van der Waals surface area (Å²) in [7, 11) is -3.69. The van der Waals surface area contributed by atoms with E-state index in [0.29, 0.717) is 17.1 Å². The third-order valence-electron chi connectivity index (χ3n) is 5.23. The van der Waals surface area contributed by atoms with Gasteiger partial charge in [-0.05, 0) is 31.2 Å². The highest BCUT2D eigenvalue weighted by atomic mass is 32.2. The molecule has 0 aromatic heterocycles. The van der Waals surface area contributed by atoms with E-state index in [-0.39, 0.29) is 49.4 Å². The summed E-state index contributed by atoms with van der Waals surface area (Å²) in [5.74, 6) is 0.792. The first-order valence-corrected chi connectivity index (χ1v) is 11.1. The Morgan fingerprint density at radius 2 is 1.57 bits per heavy atom. The molecule has 2 aliphatic rings. The number of benzene rings is 2. The number of ether oxygens (including phenoxy) is 2. The molecule has 9 heteroatoms. The summed E-state index contributed by atoms with van der Waals surface area (Å²) >= 11 is 0. The fraction of sp³-hybridized carbons (Fsp3) is 0.333. The van der Waals surface area contributed by atoms with Crippen molar-refractivity contribution in [3.63, 3.8) is 0 Å². The van der Waals surface area contributed by atoms with Gasteiger partial charge in [-0.2, -0.15) is 4.31 Å². The van der Waals surface area contributed by atoms with E-state index in [0.717, 1.165) is 0 Å². The molecule has 0 aliphatic carbocycles. The molecule has 0 N–H and O–H groups in total. The molecule has 4 rings (SSSR count). The monoisotopic (exact) mass is 430 g/mol. The Morgan fingerprint density at radius 3 is 2.20 bits per heavy atom. The maximum atomic E-state index is 12.9. The predicted octanol–water partition coefficient (Wildman–Crippen LogP) is 1.56. The van der Waals surface area contributed by atoms with Gasteiger partial charge in [0.2, 0.25) is 16.1 Å².